The Bertz CT molecular complexity index is 364. The van der Waals surface area contributed by atoms with Gasteiger partial charge in [0.15, 0.2) is 0 Å². The van der Waals surface area contributed by atoms with Gasteiger partial charge in [-0.05, 0) is 25.1 Å². The Kier molecular flexibility index (Phi) is 4.83. The Balaban J connectivity index is 2.08. The van der Waals surface area contributed by atoms with Crippen LogP contribution in [0.3, 0.4) is 0 Å². The summed E-state index contributed by atoms with van der Waals surface area (Å²) in [6, 6.07) is 6.24. The molecule has 0 bridgehead atoms. The van der Waals surface area contributed by atoms with Crippen LogP contribution in [0.5, 0.6) is 5.75 Å². The summed E-state index contributed by atoms with van der Waals surface area (Å²) >= 11 is 3.53. The van der Waals surface area contributed by atoms with E-state index in [0.717, 1.165) is 49.6 Å². The molecule has 0 aliphatic carbocycles. The summed E-state index contributed by atoms with van der Waals surface area (Å²) in [5.41, 5.74) is 1.27. The molecule has 0 radical (unpaired) electrons. The average molecular weight is 299 g/mol. The van der Waals surface area contributed by atoms with Gasteiger partial charge in [-0.25, -0.2) is 0 Å². The second-order valence-electron chi connectivity index (χ2n) is 4.21. The normalized spacial score (nSPS) is 17.1. The summed E-state index contributed by atoms with van der Waals surface area (Å²) in [5, 5.41) is 3.37. The fourth-order valence-electron chi connectivity index (χ4n) is 2.08. The van der Waals surface area contributed by atoms with Gasteiger partial charge in [0, 0.05) is 42.8 Å². The van der Waals surface area contributed by atoms with Crippen molar-refractivity contribution in [3.05, 3.63) is 28.2 Å². The van der Waals surface area contributed by atoms with Gasteiger partial charge < -0.3 is 10.1 Å². The predicted molar refractivity (Wildman–Crippen MR) is 73.5 cm³/mol. The minimum atomic E-state index is 0.718. The maximum atomic E-state index is 5.67. The SMILES string of the molecule is CCOc1ccc(Br)cc1CN1CCNCC1. The first-order valence-electron chi connectivity index (χ1n) is 6.14. The molecule has 1 aliphatic rings. The van der Waals surface area contributed by atoms with E-state index in [2.05, 4.69) is 32.2 Å². The minimum absolute atomic E-state index is 0.718. The molecule has 3 nitrogen and oxygen atoms in total. The first-order chi connectivity index (χ1) is 8.29. The number of hydrogen-bond donors (Lipinski definition) is 1. The Morgan fingerprint density at radius 1 is 1.35 bits per heavy atom. The van der Waals surface area contributed by atoms with Crippen LogP contribution in [0.4, 0.5) is 0 Å². The van der Waals surface area contributed by atoms with Crippen molar-refractivity contribution in [1.82, 2.24) is 10.2 Å². The molecule has 1 aromatic rings. The van der Waals surface area contributed by atoms with E-state index in [1.807, 2.05) is 19.1 Å². The van der Waals surface area contributed by atoms with Crippen LogP contribution < -0.4 is 10.1 Å². The zero-order valence-electron chi connectivity index (χ0n) is 10.2. The Labute approximate surface area is 111 Å². The molecule has 0 unspecified atom stereocenters. The molecule has 0 amide bonds. The van der Waals surface area contributed by atoms with Gasteiger partial charge in [0.2, 0.25) is 0 Å². The molecule has 4 heteroatoms. The third kappa shape index (κ3) is 3.69. The number of hydrogen-bond acceptors (Lipinski definition) is 3. The maximum Gasteiger partial charge on any atom is 0.123 e. The fraction of sp³-hybridized carbons (Fsp3) is 0.538. The molecule has 2 rings (SSSR count). The first-order valence-corrected chi connectivity index (χ1v) is 6.93. The monoisotopic (exact) mass is 298 g/mol. The summed E-state index contributed by atoms with van der Waals surface area (Å²) < 4.78 is 6.79. The number of benzene rings is 1. The van der Waals surface area contributed by atoms with Crippen LogP contribution in [0.25, 0.3) is 0 Å². The number of nitrogens with zero attached hydrogens (tertiary/aromatic N) is 1. The molecule has 94 valence electrons. The van der Waals surface area contributed by atoms with Gasteiger partial charge in [-0.3, -0.25) is 4.90 Å². The van der Waals surface area contributed by atoms with E-state index in [4.69, 9.17) is 4.74 Å². The van der Waals surface area contributed by atoms with Gasteiger partial charge in [-0.15, -0.1) is 0 Å². The topological polar surface area (TPSA) is 24.5 Å². The van der Waals surface area contributed by atoms with Crippen molar-refractivity contribution in [3.63, 3.8) is 0 Å². The standard InChI is InChI=1S/C13H19BrN2O/c1-2-17-13-4-3-12(14)9-11(13)10-16-7-5-15-6-8-16/h3-4,9,15H,2,5-8,10H2,1H3. The van der Waals surface area contributed by atoms with Crippen molar-refractivity contribution in [3.8, 4) is 5.75 Å². The highest BCUT2D eigenvalue weighted by Crippen LogP contribution is 2.24. The van der Waals surface area contributed by atoms with Gasteiger partial charge in [0.05, 0.1) is 6.61 Å². The van der Waals surface area contributed by atoms with Gasteiger partial charge in [-0.2, -0.15) is 0 Å². The van der Waals surface area contributed by atoms with Crippen LogP contribution >= 0.6 is 15.9 Å². The highest BCUT2D eigenvalue weighted by molar-refractivity contribution is 9.10. The lowest BCUT2D eigenvalue weighted by atomic mass is 10.1. The molecule has 0 atom stereocenters. The second-order valence-corrected chi connectivity index (χ2v) is 5.13. The Hall–Kier alpha value is -0.580. The van der Waals surface area contributed by atoms with Gasteiger partial charge in [0.1, 0.15) is 5.75 Å². The molecule has 0 spiro atoms. The van der Waals surface area contributed by atoms with E-state index in [9.17, 15) is 0 Å². The van der Waals surface area contributed by atoms with Crippen LogP contribution in [0.2, 0.25) is 0 Å². The second kappa shape index (κ2) is 6.38. The summed E-state index contributed by atoms with van der Waals surface area (Å²) in [6.45, 7) is 8.09. The van der Waals surface area contributed by atoms with Crippen LogP contribution in [0, 0.1) is 0 Å². The summed E-state index contributed by atoms with van der Waals surface area (Å²) in [7, 11) is 0. The number of rotatable bonds is 4. The van der Waals surface area contributed by atoms with Crippen molar-refractivity contribution in [2.45, 2.75) is 13.5 Å². The smallest absolute Gasteiger partial charge is 0.123 e. The molecule has 1 fully saturated rings. The number of nitrogens with one attached hydrogen (secondary N) is 1. The Morgan fingerprint density at radius 2 is 2.12 bits per heavy atom. The lowest BCUT2D eigenvalue weighted by Gasteiger charge is -2.27. The number of ether oxygens (including phenoxy) is 1. The highest BCUT2D eigenvalue weighted by Gasteiger charge is 2.13. The summed E-state index contributed by atoms with van der Waals surface area (Å²) in [6.07, 6.45) is 0. The molecule has 1 N–H and O–H groups in total. The predicted octanol–water partition coefficient (Wildman–Crippen LogP) is 2.25. The van der Waals surface area contributed by atoms with Crippen LogP contribution in [-0.2, 0) is 6.54 Å². The summed E-state index contributed by atoms with van der Waals surface area (Å²) in [4.78, 5) is 2.46. The average Bonchev–Trinajstić information content (AvgIpc) is 2.34. The molecule has 0 saturated carbocycles. The zero-order valence-corrected chi connectivity index (χ0v) is 11.8. The molecule has 1 aliphatic heterocycles. The van der Waals surface area contributed by atoms with Crippen LogP contribution in [0.15, 0.2) is 22.7 Å². The third-order valence-electron chi connectivity index (χ3n) is 2.93. The summed E-state index contributed by atoms with van der Waals surface area (Å²) in [5.74, 6) is 1.01. The minimum Gasteiger partial charge on any atom is -0.494 e. The number of halogens is 1. The van der Waals surface area contributed by atoms with Gasteiger partial charge in [-0.1, -0.05) is 15.9 Å². The lowest BCUT2D eigenvalue weighted by Crippen LogP contribution is -2.42. The number of piperazine rings is 1. The van der Waals surface area contributed by atoms with Crippen LogP contribution in [-0.4, -0.2) is 37.7 Å². The maximum absolute atomic E-state index is 5.67. The van der Waals surface area contributed by atoms with Crippen molar-refractivity contribution >= 4 is 15.9 Å². The van der Waals surface area contributed by atoms with E-state index in [-0.39, 0.29) is 0 Å². The highest BCUT2D eigenvalue weighted by atomic mass is 79.9. The molecule has 1 heterocycles. The Morgan fingerprint density at radius 3 is 2.82 bits per heavy atom. The van der Waals surface area contributed by atoms with E-state index < -0.39 is 0 Å². The molecule has 17 heavy (non-hydrogen) atoms. The quantitative estimate of drug-likeness (QED) is 0.923. The molecular weight excluding hydrogens is 280 g/mol. The van der Waals surface area contributed by atoms with E-state index in [0.29, 0.717) is 0 Å². The molecular formula is C13H19BrN2O. The van der Waals surface area contributed by atoms with Gasteiger partial charge >= 0.3 is 0 Å². The third-order valence-corrected chi connectivity index (χ3v) is 3.42. The van der Waals surface area contributed by atoms with E-state index in [1.54, 1.807) is 0 Å². The first kappa shape index (κ1) is 12.9. The van der Waals surface area contributed by atoms with E-state index in [1.165, 1.54) is 5.56 Å². The van der Waals surface area contributed by atoms with Crippen molar-refractivity contribution in [2.75, 3.05) is 32.8 Å². The van der Waals surface area contributed by atoms with E-state index >= 15 is 0 Å². The van der Waals surface area contributed by atoms with Gasteiger partial charge in [0.25, 0.3) is 0 Å². The molecule has 1 saturated heterocycles. The van der Waals surface area contributed by atoms with Crippen molar-refractivity contribution < 1.29 is 4.74 Å². The fourth-order valence-corrected chi connectivity index (χ4v) is 2.49. The molecule has 0 aromatic heterocycles. The van der Waals surface area contributed by atoms with Crippen LogP contribution in [0.1, 0.15) is 12.5 Å². The molecule has 1 aromatic carbocycles. The van der Waals surface area contributed by atoms with Crippen molar-refractivity contribution in [1.29, 1.82) is 0 Å². The lowest BCUT2D eigenvalue weighted by molar-refractivity contribution is 0.228. The van der Waals surface area contributed by atoms with Crippen molar-refractivity contribution in [2.24, 2.45) is 0 Å². The largest absolute Gasteiger partial charge is 0.494 e. The zero-order chi connectivity index (χ0) is 12.1.